The third kappa shape index (κ3) is 6.98. The molecule has 2 N–H and O–H groups in total. The highest BCUT2D eigenvalue weighted by atomic mass is 127. The van der Waals surface area contributed by atoms with Crippen LogP contribution >= 0.6 is 35.6 Å². The molecule has 0 spiro atoms. The molecule has 0 aliphatic carbocycles. The first-order valence-electron chi connectivity index (χ1n) is 8.02. The van der Waals surface area contributed by atoms with E-state index in [2.05, 4.69) is 27.5 Å². The van der Waals surface area contributed by atoms with Gasteiger partial charge in [-0.05, 0) is 38.8 Å². The number of nitrogens with zero attached hydrogens (tertiary/aromatic N) is 2. The summed E-state index contributed by atoms with van der Waals surface area (Å²) in [7, 11) is 0. The van der Waals surface area contributed by atoms with Gasteiger partial charge in [0.15, 0.2) is 5.96 Å². The molecule has 1 unspecified atom stereocenters. The van der Waals surface area contributed by atoms with Crippen molar-refractivity contribution in [3.63, 3.8) is 0 Å². The van der Waals surface area contributed by atoms with E-state index >= 15 is 0 Å². The fourth-order valence-corrected chi connectivity index (χ4v) is 2.52. The predicted molar refractivity (Wildman–Crippen MR) is 108 cm³/mol. The van der Waals surface area contributed by atoms with Crippen LogP contribution in [0.25, 0.3) is 0 Å². The van der Waals surface area contributed by atoms with Crippen LogP contribution in [-0.4, -0.2) is 49.4 Å². The van der Waals surface area contributed by atoms with Gasteiger partial charge < -0.3 is 20.1 Å². The van der Waals surface area contributed by atoms with Gasteiger partial charge >= 0.3 is 0 Å². The molecule has 6 nitrogen and oxygen atoms in total. The SMILES string of the molecule is CCNC(=NCC1(C)CCCO1)NCCOc1ncccc1Cl.I. The summed E-state index contributed by atoms with van der Waals surface area (Å²) in [6, 6.07) is 3.53. The number of aliphatic imine (C=N–C) groups is 1. The summed E-state index contributed by atoms with van der Waals surface area (Å²) in [6.45, 7) is 7.49. The van der Waals surface area contributed by atoms with Crippen molar-refractivity contribution in [2.75, 3.05) is 32.8 Å². The van der Waals surface area contributed by atoms with Crippen molar-refractivity contribution >= 4 is 41.5 Å². The normalized spacial score (nSPS) is 20.4. The first-order valence-corrected chi connectivity index (χ1v) is 8.40. The van der Waals surface area contributed by atoms with E-state index in [9.17, 15) is 0 Å². The van der Waals surface area contributed by atoms with Crippen LogP contribution in [-0.2, 0) is 4.74 Å². The molecule has 0 bridgehead atoms. The van der Waals surface area contributed by atoms with E-state index in [1.54, 1.807) is 18.3 Å². The molecule has 24 heavy (non-hydrogen) atoms. The van der Waals surface area contributed by atoms with Crippen molar-refractivity contribution in [3.8, 4) is 5.88 Å². The number of rotatable bonds is 7. The summed E-state index contributed by atoms with van der Waals surface area (Å²) >= 11 is 6.00. The zero-order chi connectivity index (χ0) is 16.5. The lowest BCUT2D eigenvalue weighted by Gasteiger charge is -2.21. The van der Waals surface area contributed by atoms with Crippen LogP contribution in [0.3, 0.4) is 0 Å². The number of hydrogen-bond donors (Lipinski definition) is 2. The Morgan fingerprint density at radius 3 is 3.00 bits per heavy atom. The smallest absolute Gasteiger partial charge is 0.232 e. The van der Waals surface area contributed by atoms with E-state index in [1.165, 1.54) is 0 Å². The lowest BCUT2D eigenvalue weighted by atomic mass is 10.0. The van der Waals surface area contributed by atoms with Crippen LogP contribution in [0, 0.1) is 0 Å². The number of aromatic nitrogens is 1. The van der Waals surface area contributed by atoms with Crippen LogP contribution < -0.4 is 15.4 Å². The van der Waals surface area contributed by atoms with E-state index in [4.69, 9.17) is 21.1 Å². The molecular formula is C16H26ClIN4O2. The van der Waals surface area contributed by atoms with Crippen molar-refractivity contribution in [2.45, 2.75) is 32.3 Å². The number of ether oxygens (including phenoxy) is 2. The Bertz CT molecular complexity index is 525. The first kappa shape index (κ1) is 21.2. The maximum absolute atomic E-state index is 6.00. The molecule has 0 aromatic carbocycles. The Balaban J connectivity index is 0.00000288. The van der Waals surface area contributed by atoms with Gasteiger partial charge in [0.25, 0.3) is 0 Å². The Morgan fingerprint density at radius 1 is 1.50 bits per heavy atom. The Hall–Kier alpha value is -0.800. The van der Waals surface area contributed by atoms with Gasteiger partial charge in [0.1, 0.15) is 11.6 Å². The lowest BCUT2D eigenvalue weighted by molar-refractivity contribution is 0.0283. The van der Waals surface area contributed by atoms with Gasteiger partial charge in [0, 0.05) is 19.3 Å². The fourth-order valence-electron chi connectivity index (χ4n) is 2.34. The number of hydrogen-bond acceptors (Lipinski definition) is 4. The monoisotopic (exact) mass is 468 g/mol. The van der Waals surface area contributed by atoms with E-state index in [1.807, 2.05) is 6.92 Å². The van der Waals surface area contributed by atoms with Gasteiger partial charge in [-0.2, -0.15) is 0 Å². The molecule has 0 saturated carbocycles. The maximum atomic E-state index is 6.00. The lowest BCUT2D eigenvalue weighted by Crippen LogP contribution is -2.40. The van der Waals surface area contributed by atoms with Gasteiger partial charge in [-0.15, -0.1) is 24.0 Å². The molecule has 1 aromatic rings. The number of nitrogens with one attached hydrogen (secondary N) is 2. The third-order valence-electron chi connectivity index (χ3n) is 3.57. The molecule has 0 radical (unpaired) electrons. The molecule has 1 aliphatic rings. The van der Waals surface area contributed by atoms with E-state index in [0.29, 0.717) is 30.6 Å². The largest absolute Gasteiger partial charge is 0.475 e. The molecule has 0 amide bonds. The molecule has 1 aliphatic heterocycles. The van der Waals surface area contributed by atoms with Gasteiger partial charge in [0.05, 0.1) is 18.7 Å². The first-order chi connectivity index (χ1) is 11.1. The van der Waals surface area contributed by atoms with Gasteiger partial charge in [-0.3, -0.25) is 4.99 Å². The summed E-state index contributed by atoms with van der Waals surface area (Å²) in [5, 5.41) is 6.97. The summed E-state index contributed by atoms with van der Waals surface area (Å²) < 4.78 is 11.3. The second-order valence-electron chi connectivity index (χ2n) is 5.66. The maximum Gasteiger partial charge on any atom is 0.232 e. The minimum atomic E-state index is -0.139. The van der Waals surface area contributed by atoms with Crippen molar-refractivity contribution in [2.24, 2.45) is 4.99 Å². The number of pyridine rings is 1. The van der Waals surface area contributed by atoms with Crippen LogP contribution in [0.1, 0.15) is 26.7 Å². The van der Waals surface area contributed by atoms with Crippen LogP contribution in [0.2, 0.25) is 5.02 Å². The molecule has 1 aromatic heterocycles. The quantitative estimate of drug-likeness (QED) is 0.279. The van der Waals surface area contributed by atoms with Crippen LogP contribution in [0.15, 0.2) is 23.3 Å². The second-order valence-corrected chi connectivity index (χ2v) is 6.07. The van der Waals surface area contributed by atoms with E-state index in [0.717, 1.165) is 32.0 Å². The Kier molecular flexibility index (Phi) is 9.68. The third-order valence-corrected chi connectivity index (χ3v) is 3.86. The highest BCUT2D eigenvalue weighted by Crippen LogP contribution is 2.25. The van der Waals surface area contributed by atoms with Crippen LogP contribution in [0.5, 0.6) is 5.88 Å². The fraction of sp³-hybridized carbons (Fsp3) is 0.625. The van der Waals surface area contributed by atoms with Crippen molar-refractivity contribution in [3.05, 3.63) is 23.4 Å². The summed E-state index contributed by atoms with van der Waals surface area (Å²) in [6.07, 6.45) is 3.81. The summed E-state index contributed by atoms with van der Waals surface area (Å²) in [5.41, 5.74) is -0.139. The van der Waals surface area contributed by atoms with Crippen molar-refractivity contribution in [1.29, 1.82) is 0 Å². The van der Waals surface area contributed by atoms with Gasteiger partial charge in [0.2, 0.25) is 5.88 Å². The highest BCUT2D eigenvalue weighted by Gasteiger charge is 2.29. The van der Waals surface area contributed by atoms with Gasteiger partial charge in [-0.1, -0.05) is 11.6 Å². The number of halogens is 2. The van der Waals surface area contributed by atoms with Crippen LogP contribution in [0.4, 0.5) is 0 Å². The topological polar surface area (TPSA) is 67.8 Å². The minimum absolute atomic E-state index is 0. The molecule has 1 fully saturated rings. The van der Waals surface area contributed by atoms with Crippen molar-refractivity contribution < 1.29 is 9.47 Å². The molecule has 2 heterocycles. The zero-order valence-electron chi connectivity index (χ0n) is 14.2. The molecular weight excluding hydrogens is 443 g/mol. The molecule has 1 atom stereocenters. The van der Waals surface area contributed by atoms with Crippen molar-refractivity contribution in [1.82, 2.24) is 15.6 Å². The van der Waals surface area contributed by atoms with E-state index in [-0.39, 0.29) is 29.6 Å². The summed E-state index contributed by atoms with van der Waals surface area (Å²) in [5.74, 6) is 1.21. The molecule has 8 heteroatoms. The predicted octanol–water partition coefficient (Wildman–Crippen LogP) is 2.86. The second kappa shape index (κ2) is 10.9. The summed E-state index contributed by atoms with van der Waals surface area (Å²) in [4.78, 5) is 8.69. The molecule has 1 saturated heterocycles. The van der Waals surface area contributed by atoms with E-state index < -0.39 is 0 Å². The highest BCUT2D eigenvalue weighted by molar-refractivity contribution is 14.0. The molecule has 136 valence electrons. The molecule has 2 rings (SSSR count). The number of guanidine groups is 1. The average Bonchev–Trinajstić information content (AvgIpc) is 2.98. The average molecular weight is 469 g/mol. The minimum Gasteiger partial charge on any atom is -0.475 e. The Labute approximate surface area is 165 Å². The van der Waals surface area contributed by atoms with Gasteiger partial charge in [-0.25, -0.2) is 4.98 Å². The standard InChI is InChI=1S/C16H25ClN4O2.HI/c1-3-18-15(21-12-16(2)7-5-10-23-16)20-9-11-22-14-13(17)6-4-8-19-14;/h4,6,8H,3,5,7,9-12H2,1-2H3,(H2,18,20,21);1H. The zero-order valence-corrected chi connectivity index (χ0v) is 17.3. The Morgan fingerprint density at radius 2 is 2.33 bits per heavy atom.